The molecule has 0 aliphatic carbocycles. The van der Waals surface area contributed by atoms with Gasteiger partial charge in [-0.25, -0.2) is 0 Å². The van der Waals surface area contributed by atoms with E-state index in [1.807, 2.05) is 6.07 Å². The van der Waals surface area contributed by atoms with Gasteiger partial charge in [-0.15, -0.1) is 25.2 Å². The van der Waals surface area contributed by atoms with Crippen LogP contribution in [0.4, 0.5) is 0 Å². The van der Waals surface area contributed by atoms with E-state index in [-0.39, 0.29) is 6.42 Å². The van der Waals surface area contributed by atoms with Crippen molar-refractivity contribution in [2.75, 3.05) is 0 Å². The monoisotopic (exact) mass is 297 g/mol. The van der Waals surface area contributed by atoms with Gasteiger partial charge < -0.3 is 0 Å². The number of hydrogen-bond acceptors (Lipinski definition) is 2. The van der Waals surface area contributed by atoms with Crippen LogP contribution < -0.4 is 0 Å². The first-order valence-corrected chi connectivity index (χ1v) is 4.54. The number of terminal acetylenes is 3. The van der Waals surface area contributed by atoms with E-state index in [1.165, 1.54) is 0 Å². The van der Waals surface area contributed by atoms with E-state index in [4.69, 9.17) is 27.6 Å². The fourth-order valence-electron chi connectivity index (χ4n) is 0.921. The maximum absolute atomic E-state index is 8.98. The molecule has 0 spiro atoms. The van der Waals surface area contributed by atoms with Crippen molar-refractivity contribution < 1.29 is 3.07 Å². The number of rotatable bonds is 3. The maximum atomic E-state index is 8.98. The number of hydrogen-bond donors (Lipinski definition) is 0. The van der Waals surface area contributed by atoms with Gasteiger partial charge >= 0.3 is 0 Å². The van der Waals surface area contributed by atoms with Gasteiger partial charge in [0.25, 0.3) is 0 Å². The fraction of sp³-hybridized carbons (Fsp3) is 0.364. The minimum atomic E-state index is -1.48. The smallest absolute Gasteiger partial charge is 0.242 e. The van der Waals surface area contributed by atoms with Crippen molar-refractivity contribution in [1.29, 1.82) is 5.26 Å². The molecule has 0 radical (unpaired) electrons. The fourth-order valence-corrected chi connectivity index (χ4v) is 1.63. The van der Waals surface area contributed by atoms with E-state index in [0.29, 0.717) is 0 Å². The molecule has 2 unspecified atom stereocenters. The standard InChI is InChI=1S/C11H8INO/c1-5-8-10(4,6-2)11(7-3,9-13)14-12/h1-3H,8H2,4H3. The molecular weight excluding hydrogens is 289 g/mol. The quantitative estimate of drug-likeness (QED) is 0.589. The summed E-state index contributed by atoms with van der Waals surface area (Å²) in [6, 6.07) is 1.89. The topological polar surface area (TPSA) is 33.0 Å². The summed E-state index contributed by atoms with van der Waals surface area (Å²) in [4.78, 5) is 0. The van der Waals surface area contributed by atoms with E-state index < -0.39 is 11.0 Å². The first-order valence-electron chi connectivity index (χ1n) is 3.66. The van der Waals surface area contributed by atoms with Gasteiger partial charge in [0.15, 0.2) is 0 Å². The normalized spacial score (nSPS) is 17.3. The molecule has 0 bridgehead atoms. The molecule has 0 rings (SSSR count). The van der Waals surface area contributed by atoms with Crippen molar-refractivity contribution in [3.05, 3.63) is 0 Å². The molecule has 14 heavy (non-hydrogen) atoms. The summed E-state index contributed by atoms with van der Waals surface area (Å²) >= 11 is 1.56. The van der Waals surface area contributed by atoms with Crippen LogP contribution in [0.25, 0.3) is 0 Å². The minimum Gasteiger partial charge on any atom is -0.279 e. The highest BCUT2D eigenvalue weighted by Crippen LogP contribution is 2.37. The zero-order valence-electron chi connectivity index (χ0n) is 7.67. The third-order valence-electron chi connectivity index (χ3n) is 2.03. The van der Waals surface area contributed by atoms with Gasteiger partial charge in [0.1, 0.15) is 29.1 Å². The van der Waals surface area contributed by atoms with Crippen LogP contribution in [0.5, 0.6) is 0 Å². The lowest BCUT2D eigenvalue weighted by atomic mass is 9.73. The molecule has 0 aliphatic rings. The highest BCUT2D eigenvalue weighted by molar-refractivity contribution is 14.1. The summed E-state index contributed by atoms with van der Waals surface area (Å²) in [6.07, 6.45) is 15.9. The van der Waals surface area contributed by atoms with Gasteiger partial charge in [0.2, 0.25) is 5.60 Å². The third-order valence-corrected chi connectivity index (χ3v) is 2.69. The first-order chi connectivity index (χ1) is 6.55. The van der Waals surface area contributed by atoms with Gasteiger partial charge in [0.05, 0.1) is 5.41 Å². The van der Waals surface area contributed by atoms with Crippen LogP contribution in [0.2, 0.25) is 0 Å². The van der Waals surface area contributed by atoms with Gasteiger partial charge in [-0.05, 0) is 6.92 Å². The molecule has 0 aromatic heterocycles. The van der Waals surface area contributed by atoms with Crippen molar-refractivity contribution in [3.8, 4) is 43.1 Å². The lowest BCUT2D eigenvalue weighted by Crippen LogP contribution is -2.43. The molecule has 0 aromatic rings. The Hall–Kier alpha value is -1.14. The zero-order valence-corrected chi connectivity index (χ0v) is 9.83. The van der Waals surface area contributed by atoms with Gasteiger partial charge in [-0.1, -0.05) is 11.8 Å². The first kappa shape index (κ1) is 12.9. The van der Waals surface area contributed by atoms with Crippen LogP contribution in [0.15, 0.2) is 0 Å². The number of nitrogens with zero attached hydrogens (tertiary/aromatic N) is 1. The molecule has 0 saturated heterocycles. The predicted octanol–water partition coefficient (Wildman–Crippen LogP) is 1.91. The Morgan fingerprint density at radius 3 is 2.14 bits per heavy atom. The van der Waals surface area contributed by atoms with E-state index in [1.54, 1.807) is 29.9 Å². The Labute approximate surface area is 98.7 Å². The largest absolute Gasteiger partial charge is 0.279 e. The Balaban J connectivity index is 5.46. The zero-order chi connectivity index (χ0) is 11.2. The average Bonchev–Trinajstić information content (AvgIpc) is 2.21. The van der Waals surface area contributed by atoms with Gasteiger partial charge in [-0.2, -0.15) is 5.26 Å². The number of nitriles is 1. The summed E-state index contributed by atoms with van der Waals surface area (Å²) in [6.45, 7) is 1.63. The van der Waals surface area contributed by atoms with Crippen LogP contribution >= 0.6 is 23.0 Å². The van der Waals surface area contributed by atoms with Crippen LogP contribution in [0, 0.1) is 53.8 Å². The summed E-state index contributed by atoms with van der Waals surface area (Å²) in [5.41, 5.74) is -2.46. The van der Waals surface area contributed by atoms with Gasteiger partial charge in [0, 0.05) is 6.42 Å². The van der Waals surface area contributed by atoms with Crippen LogP contribution in [0.3, 0.4) is 0 Å². The lowest BCUT2D eigenvalue weighted by Gasteiger charge is -2.32. The molecule has 0 amide bonds. The molecule has 0 fully saturated rings. The van der Waals surface area contributed by atoms with E-state index in [9.17, 15) is 0 Å². The molecule has 0 N–H and O–H groups in total. The molecule has 0 aliphatic heterocycles. The van der Waals surface area contributed by atoms with Crippen molar-refractivity contribution in [1.82, 2.24) is 0 Å². The molecule has 2 atom stereocenters. The molecule has 70 valence electrons. The van der Waals surface area contributed by atoms with Crippen molar-refractivity contribution in [2.24, 2.45) is 5.41 Å². The second-order valence-corrected chi connectivity index (χ2v) is 3.31. The average molecular weight is 297 g/mol. The molecular formula is C11H8INO. The van der Waals surface area contributed by atoms with Crippen LogP contribution in [0.1, 0.15) is 13.3 Å². The Bertz CT molecular complexity index is 360. The molecule has 3 heteroatoms. The van der Waals surface area contributed by atoms with E-state index in [0.717, 1.165) is 0 Å². The van der Waals surface area contributed by atoms with E-state index in [2.05, 4.69) is 17.8 Å². The van der Waals surface area contributed by atoms with E-state index >= 15 is 0 Å². The van der Waals surface area contributed by atoms with Crippen molar-refractivity contribution in [2.45, 2.75) is 18.9 Å². The van der Waals surface area contributed by atoms with Crippen LogP contribution in [-0.2, 0) is 3.07 Å². The number of halogens is 1. The van der Waals surface area contributed by atoms with Crippen molar-refractivity contribution in [3.63, 3.8) is 0 Å². The predicted molar refractivity (Wildman–Crippen MR) is 62.7 cm³/mol. The highest BCUT2D eigenvalue weighted by Gasteiger charge is 2.47. The minimum absolute atomic E-state index is 0.185. The summed E-state index contributed by atoms with van der Waals surface area (Å²) < 4.78 is 4.98. The lowest BCUT2D eigenvalue weighted by molar-refractivity contribution is 0.140. The second kappa shape index (κ2) is 4.92. The summed E-state index contributed by atoms with van der Waals surface area (Å²) in [7, 11) is 0. The SMILES string of the molecule is C#CCC(C)(C#C)C(C#C)(C#N)OI. The Kier molecular flexibility index (Phi) is 4.52. The molecule has 0 heterocycles. The molecule has 0 saturated carbocycles. The molecule has 2 nitrogen and oxygen atoms in total. The summed E-state index contributed by atoms with van der Waals surface area (Å²) in [5, 5.41) is 8.98. The second-order valence-electron chi connectivity index (χ2n) is 2.87. The van der Waals surface area contributed by atoms with Crippen LogP contribution in [-0.4, -0.2) is 5.60 Å². The summed E-state index contributed by atoms with van der Waals surface area (Å²) in [5.74, 6) is 7.09. The van der Waals surface area contributed by atoms with Crippen molar-refractivity contribution >= 4 is 23.0 Å². The third kappa shape index (κ3) is 1.85. The molecule has 0 aromatic carbocycles. The van der Waals surface area contributed by atoms with Gasteiger partial charge in [-0.3, -0.25) is 3.07 Å². The highest BCUT2D eigenvalue weighted by atomic mass is 127. The maximum Gasteiger partial charge on any atom is 0.242 e. The Morgan fingerprint density at radius 2 is 1.93 bits per heavy atom. The Morgan fingerprint density at radius 1 is 1.36 bits per heavy atom.